The third-order valence-corrected chi connectivity index (χ3v) is 3.19. The zero-order valence-corrected chi connectivity index (χ0v) is 12.1. The molecule has 6 heteroatoms. The molecule has 2 aromatic heterocycles. The number of nitrogens with zero attached hydrogens (tertiary/aromatic N) is 2. The minimum absolute atomic E-state index is 0.357. The van der Waals surface area contributed by atoms with Gasteiger partial charge >= 0.3 is 5.97 Å². The second kappa shape index (κ2) is 4.70. The molecule has 2 aromatic rings. The maximum atomic E-state index is 11.6. The number of rotatable bonds is 2. The molecular weight excluding hydrogens is 387 g/mol. The number of fused-ring (bicyclic) bond motifs is 1. The number of carbonyl (C=O) groups excluding carboxylic acids is 1. The Morgan fingerprint density at radius 1 is 1.69 bits per heavy atom. The van der Waals surface area contributed by atoms with Crippen LogP contribution in [0.5, 0.6) is 0 Å². The van der Waals surface area contributed by atoms with E-state index in [1.54, 1.807) is 11.3 Å². The van der Waals surface area contributed by atoms with Gasteiger partial charge in [-0.3, -0.25) is 4.40 Å². The van der Waals surface area contributed by atoms with Crippen LogP contribution in [0.25, 0.3) is 5.65 Å². The van der Waals surface area contributed by atoms with Crippen LogP contribution in [0.4, 0.5) is 0 Å². The van der Waals surface area contributed by atoms with Crippen LogP contribution in [-0.2, 0) is 4.74 Å². The number of pyridine rings is 1. The van der Waals surface area contributed by atoms with E-state index in [2.05, 4.69) is 43.5 Å². The van der Waals surface area contributed by atoms with Gasteiger partial charge < -0.3 is 4.74 Å². The molecule has 0 bridgehead atoms. The molecule has 2 rings (SSSR count). The van der Waals surface area contributed by atoms with Crippen molar-refractivity contribution >= 4 is 50.1 Å². The molecule has 84 valence electrons. The molecule has 0 aliphatic heterocycles. The quantitative estimate of drug-likeness (QED) is 0.581. The summed E-state index contributed by atoms with van der Waals surface area (Å²) in [5.41, 5.74) is 1.15. The Morgan fingerprint density at radius 2 is 2.44 bits per heavy atom. The summed E-state index contributed by atoms with van der Waals surface area (Å²) < 4.78 is 8.55. The highest BCUT2D eigenvalue weighted by atomic mass is 127. The van der Waals surface area contributed by atoms with Crippen LogP contribution in [0.1, 0.15) is 17.4 Å². The number of esters is 1. The third-order valence-electron chi connectivity index (χ3n) is 2.01. The normalized spacial score (nSPS) is 10.7. The molecule has 0 fully saturated rings. The lowest BCUT2D eigenvalue weighted by Gasteiger charge is -2.03. The van der Waals surface area contributed by atoms with E-state index in [0.717, 1.165) is 8.04 Å². The summed E-state index contributed by atoms with van der Waals surface area (Å²) in [6, 6.07) is 1.94. The summed E-state index contributed by atoms with van der Waals surface area (Å²) in [5.74, 6) is -0.357. The Hall–Kier alpha value is -0.630. The minimum Gasteiger partial charge on any atom is -0.461 e. The Bertz CT molecular complexity index is 553. The molecule has 0 saturated heterocycles. The number of ether oxygens (including phenoxy) is 1. The largest absolute Gasteiger partial charge is 0.461 e. The Labute approximate surface area is 114 Å². The van der Waals surface area contributed by atoms with Gasteiger partial charge in [0.2, 0.25) is 0 Å². The summed E-state index contributed by atoms with van der Waals surface area (Å²) in [6.07, 6.45) is 3.37. The van der Waals surface area contributed by atoms with Gasteiger partial charge in [0.25, 0.3) is 0 Å². The van der Waals surface area contributed by atoms with Crippen LogP contribution in [0.15, 0.2) is 22.9 Å². The van der Waals surface area contributed by atoms with Crippen LogP contribution in [0.2, 0.25) is 0 Å². The zero-order valence-electron chi connectivity index (χ0n) is 8.41. The number of hydrogen-bond acceptors (Lipinski definition) is 3. The van der Waals surface area contributed by atoms with Crippen molar-refractivity contribution in [2.75, 3.05) is 6.61 Å². The maximum absolute atomic E-state index is 11.6. The molecule has 0 unspecified atom stereocenters. The smallest absolute Gasteiger partial charge is 0.356 e. The molecule has 0 amide bonds. The van der Waals surface area contributed by atoms with Crippen LogP contribution >= 0.6 is 38.5 Å². The van der Waals surface area contributed by atoms with Gasteiger partial charge in [0.05, 0.1) is 17.3 Å². The van der Waals surface area contributed by atoms with Crippen molar-refractivity contribution in [3.05, 3.63) is 32.2 Å². The van der Waals surface area contributed by atoms with Crippen LogP contribution in [-0.4, -0.2) is 22.0 Å². The molecular formula is C10H8BrIN2O2. The first-order valence-electron chi connectivity index (χ1n) is 4.62. The molecule has 0 aliphatic carbocycles. The summed E-state index contributed by atoms with van der Waals surface area (Å²) in [6.45, 7) is 2.14. The predicted octanol–water partition coefficient (Wildman–Crippen LogP) is 2.88. The molecule has 0 radical (unpaired) electrons. The van der Waals surface area contributed by atoms with E-state index in [1.165, 1.54) is 6.20 Å². The Kier molecular flexibility index (Phi) is 3.48. The van der Waals surface area contributed by atoms with Gasteiger partial charge in [-0.1, -0.05) is 0 Å². The first-order chi connectivity index (χ1) is 7.63. The lowest BCUT2D eigenvalue weighted by atomic mass is 10.4. The first-order valence-corrected chi connectivity index (χ1v) is 6.50. The summed E-state index contributed by atoms with van der Waals surface area (Å²) >= 11 is 5.59. The van der Waals surface area contributed by atoms with Gasteiger partial charge in [-0.2, -0.15) is 0 Å². The van der Waals surface area contributed by atoms with Crippen molar-refractivity contribution in [1.82, 2.24) is 9.38 Å². The number of halogens is 2. The fourth-order valence-electron chi connectivity index (χ4n) is 1.37. The van der Waals surface area contributed by atoms with Crippen molar-refractivity contribution in [3.63, 3.8) is 0 Å². The fourth-order valence-corrected chi connectivity index (χ4v) is 2.93. The third kappa shape index (κ3) is 2.08. The molecule has 2 heterocycles. The van der Waals surface area contributed by atoms with E-state index in [-0.39, 0.29) is 5.97 Å². The molecule has 16 heavy (non-hydrogen) atoms. The van der Waals surface area contributed by atoms with Crippen molar-refractivity contribution in [2.24, 2.45) is 0 Å². The first kappa shape index (κ1) is 11.8. The fraction of sp³-hybridized carbons (Fsp3) is 0.200. The standard InChI is InChI=1S/C10H8BrIN2O2/c1-2-16-10(15)8-4-13-9-7(11)3-6(12)5-14(8)9/h3-5H,2H2,1H3. The van der Waals surface area contributed by atoms with Crippen molar-refractivity contribution < 1.29 is 9.53 Å². The van der Waals surface area contributed by atoms with Crippen LogP contribution in [0.3, 0.4) is 0 Å². The molecule has 4 nitrogen and oxygen atoms in total. The number of hydrogen-bond donors (Lipinski definition) is 0. The Morgan fingerprint density at radius 3 is 3.12 bits per heavy atom. The van der Waals surface area contributed by atoms with Crippen LogP contribution in [0, 0.1) is 3.57 Å². The topological polar surface area (TPSA) is 43.6 Å². The monoisotopic (exact) mass is 394 g/mol. The summed E-state index contributed by atoms with van der Waals surface area (Å²) in [7, 11) is 0. The molecule has 0 aromatic carbocycles. The average molecular weight is 395 g/mol. The molecule has 0 N–H and O–H groups in total. The van der Waals surface area contributed by atoms with Gasteiger partial charge in [0, 0.05) is 9.77 Å². The minimum atomic E-state index is -0.357. The molecule has 0 aliphatic rings. The van der Waals surface area contributed by atoms with Crippen molar-refractivity contribution in [2.45, 2.75) is 6.92 Å². The van der Waals surface area contributed by atoms with E-state index in [9.17, 15) is 4.79 Å². The van der Waals surface area contributed by atoms with E-state index in [1.807, 2.05) is 12.3 Å². The zero-order chi connectivity index (χ0) is 11.7. The van der Waals surface area contributed by atoms with Gasteiger partial charge in [-0.25, -0.2) is 9.78 Å². The Balaban J connectivity index is 2.60. The number of aromatic nitrogens is 2. The summed E-state index contributed by atoms with van der Waals surface area (Å²) in [5, 5.41) is 0. The second-order valence-corrected chi connectivity index (χ2v) is 5.16. The van der Waals surface area contributed by atoms with E-state index in [0.29, 0.717) is 17.9 Å². The lowest BCUT2D eigenvalue weighted by molar-refractivity contribution is 0.0518. The number of carbonyl (C=O) groups is 1. The summed E-state index contributed by atoms with van der Waals surface area (Å²) in [4.78, 5) is 15.8. The highest BCUT2D eigenvalue weighted by Gasteiger charge is 2.14. The maximum Gasteiger partial charge on any atom is 0.356 e. The molecule has 0 spiro atoms. The SMILES string of the molecule is CCOC(=O)c1cnc2c(Br)cc(I)cn12. The van der Waals surface area contributed by atoms with Gasteiger partial charge in [0.1, 0.15) is 0 Å². The van der Waals surface area contributed by atoms with Gasteiger partial charge in [-0.05, 0) is 51.5 Å². The van der Waals surface area contributed by atoms with Crippen molar-refractivity contribution in [3.8, 4) is 0 Å². The molecule has 0 saturated carbocycles. The lowest BCUT2D eigenvalue weighted by Crippen LogP contribution is -2.08. The number of imidazole rings is 1. The van der Waals surface area contributed by atoms with E-state index >= 15 is 0 Å². The van der Waals surface area contributed by atoms with Gasteiger partial charge in [-0.15, -0.1) is 0 Å². The average Bonchev–Trinajstić information content (AvgIpc) is 2.61. The molecule has 0 atom stereocenters. The van der Waals surface area contributed by atoms with E-state index in [4.69, 9.17) is 4.74 Å². The predicted molar refractivity (Wildman–Crippen MR) is 71.6 cm³/mol. The van der Waals surface area contributed by atoms with Gasteiger partial charge in [0.15, 0.2) is 11.3 Å². The second-order valence-electron chi connectivity index (χ2n) is 3.06. The van der Waals surface area contributed by atoms with Crippen LogP contribution < -0.4 is 0 Å². The highest BCUT2D eigenvalue weighted by molar-refractivity contribution is 14.1. The highest BCUT2D eigenvalue weighted by Crippen LogP contribution is 2.21. The van der Waals surface area contributed by atoms with E-state index < -0.39 is 0 Å². The van der Waals surface area contributed by atoms with Crippen molar-refractivity contribution in [1.29, 1.82) is 0 Å².